The van der Waals surface area contributed by atoms with Crippen molar-refractivity contribution in [2.75, 3.05) is 13.2 Å². The van der Waals surface area contributed by atoms with E-state index in [9.17, 15) is 8.78 Å². The zero-order chi connectivity index (χ0) is 11.6. The van der Waals surface area contributed by atoms with Crippen LogP contribution in [0.25, 0.3) is 0 Å². The minimum Gasteiger partial charge on any atom is -0.396 e. The van der Waals surface area contributed by atoms with Gasteiger partial charge in [-0.3, -0.25) is 0 Å². The molecule has 2 rings (SSSR count). The van der Waals surface area contributed by atoms with Crippen molar-refractivity contribution < 1.29 is 18.6 Å². The molecule has 2 nitrogen and oxygen atoms in total. The summed E-state index contributed by atoms with van der Waals surface area (Å²) in [5.41, 5.74) is 0.965. The molecule has 0 aliphatic heterocycles. The summed E-state index contributed by atoms with van der Waals surface area (Å²) >= 11 is 0. The second kappa shape index (κ2) is 4.47. The highest BCUT2D eigenvalue weighted by atomic mass is 19.3. The lowest BCUT2D eigenvalue weighted by Crippen LogP contribution is -2.03. The van der Waals surface area contributed by atoms with Crippen LogP contribution in [-0.4, -0.2) is 24.2 Å². The topological polar surface area (TPSA) is 29.5 Å². The van der Waals surface area contributed by atoms with E-state index in [1.54, 1.807) is 0 Å². The molecule has 1 aromatic rings. The smallest absolute Gasteiger partial charge is 0.259 e. The second-order valence-corrected chi connectivity index (χ2v) is 4.07. The number of benzene rings is 1. The van der Waals surface area contributed by atoms with E-state index in [1.165, 1.54) is 0 Å². The summed E-state index contributed by atoms with van der Waals surface area (Å²) in [5.74, 6) is -4.48. The standard InChI is InChI=1S/C12H14F2O2/c13-12(14)10(6-15)11(12)8-16-7-9-4-2-1-3-5-9/h1-5,10-11,15H,6-8H2/t10-,11-/m1/s1. The molecule has 0 saturated heterocycles. The van der Waals surface area contributed by atoms with Crippen molar-refractivity contribution in [2.45, 2.75) is 12.5 Å². The minimum atomic E-state index is -2.74. The van der Waals surface area contributed by atoms with E-state index >= 15 is 0 Å². The van der Waals surface area contributed by atoms with Crippen LogP contribution in [0.15, 0.2) is 30.3 Å². The molecule has 1 fully saturated rings. The van der Waals surface area contributed by atoms with Crippen LogP contribution in [0.5, 0.6) is 0 Å². The lowest BCUT2D eigenvalue weighted by Gasteiger charge is -2.03. The van der Waals surface area contributed by atoms with Gasteiger partial charge < -0.3 is 9.84 Å². The summed E-state index contributed by atoms with van der Waals surface area (Å²) in [4.78, 5) is 0. The number of hydrogen-bond acceptors (Lipinski definition) is 2. The fraction of sp³-hybridized carbons (Fsp3) is 0.500. The number of aliphatic hydroxyl groups is 1. The number of aliphatic hydroxyl groups excluding tert-OH is 1. The van der Waals surface area contributed by atoms with E-state index in [2.05, 4.69) is 0 Å². The summed E-state index contributed by atoms with van der Waals surface area (Å²) in [7, 11) is 0. The van der Waals surface area contributed by atoms with Gasteiger partial charge in [0.25, 0.3) is 5.92 Å². The third-order valence-electron chi connectivity index (χ3n) is 2.97. The Morgan fingerprint density at radius 2 is 1.88 bits per heavy atom. The van der Waals surface area contributed by atoms with Crippen LogP contribution in [-0.2, 0) is 11.3 Å². The lowest BCUT2D eigenvalue weighted by atomic mass is 10.2. The molecular formula is C12H14F2O2. The first-order valence-corrected chi connectivity index (χ1v) is 5.26. The Kier molecular flexibility index (Phi) is 3.21. The van der Waals surface area contributed by atoms with E-state index < -0.39 is 24.4 Å². The van der Waals surface area contributed by atoms with Crippen molar-refractivity contribution in [2.24, 2.45) is 11.8 Å². The highest BCUT2D eigenvalue weighted by molar-refractivity contribution is 5.13. The minimum absolute atomic E-state index is 0.00706. The molecule has 16 heavy (non-hydrogen) atoms. The zero-order valence-electron chi connectivity index (χ0n) is 8.77. The first-order chi connectivity index (χ1) is 7.66. The van der Waals surface area contributed by atoms with Gasteiger partial charge in [-0.05, 0) is 5.56 Å². The normalized spacial score (nSPS) is 26.7. The van der Waals surface area contributed by atoms with Crippen LogP contribution in [0.2, 0.25) is 0 Å². The quantitative estimate of drug-likeness (QED) is 0.836. The second-order valence-electron chi connectivity index (χ2n) is 4.07. The maximum Gasteiger partial charge on any atom is 0.259 e. The average molecular weight is 228 g/mol. The maximum atomic E-state index is 12.9. The van der Waals surface area contributed by atoms with Crippen molar-refractivity contribution in [1.82, 2.24) is 0 Å². The van der Waals surface area contributed by atoms with Gasteiger partial charge in [0.1, 0.15) is 0 Å². The summed E-state index contributed by atoms with van der Waals surface area (Å²) in [6.07, 6.45) is 0. The van der Waals surface area contributed by atoms with Crippen LogP contribution in [0.4, 0.5) is 8.78 Å². The molecule has 2 atom stereocenters. The van der Waals surface area contributed by atoms with Gasteiger partial charge in [0.05, 0.1) is 31.7 Å². The maximum absolute atomic E-state index is 12.9. The van der Waals surface area contributed by atoms with Crippen LogP contribution >= 0.6 is 0 Å². The third-order valence-corrected chi connectivity index (χ3v) is 2.97. The number of ether oxygens (including phenoxy) is 1. The lowest BCUT2D eigenvalue weighted by molar-refractivity contribution is 0.0435. The fourth-order valence-electron chi connectivity index (χ4n) is 1.81. The van der Waals surface area contributed by atoms with E-state index in [1.807, 2.05) is 30.3 Å². The Bertz CT molecular complexity index is 340. The molecule has 0 spiro atoms. The van der Waals surface area contributed by atoms with Crippen molar-refractivity contribution in [1.29, 1.82) is 0 Å². The average Bonchev–Trinajstić information content (AvgIpc) is 2.81. The van der Waals surface area contributed by atoms with E-state index in [4.69, 9.17) is 9.84 Å². The summed E-state index contributed by atoms with van der Waals surface area (Å²) in [5, 5.41) is 8.69. The van der Waals surface area contributed by atoms with Crippen LogP contribution in [0.3, 0.4) is 0 Å². The highest BCUT2D eigenvalue weighted by Gasteiger charge is 2.67. The van der Waals surface area contributed by atoms with Gasteiger partial charge in [0, 0.05) is 0 Å². The molecule has 1 saturated carbocycles. The molecule has 0 radical (unpaired) electrons. The molecular weight excluding hydrogens is 214 g/mol. The Labute approximate surface area is 92.9 Å². The third kappa shape index (κ3) is 2.23. The van der Waals surface area contributed by atoms with E-state index in [0.29, 0.717) is 6.61 Å². The van der Waals surface area contributed by atoms with Crippen LogP contribution in [0.1, 0.15) is 5.56 Å². The van der Waals surface area contributed by atoms with Gasteiger partial charge in [-0.25, -0.2) is 8.78 Å². The highest BCUT2D eigenvalue weighted by Crippen LogP contribution is 2.54. The number of rotatable bonds is 5. The molecule has 0 amide bonds. The monoisotopic (exact) mass is 228 g/mol. The SMILES string of the molecule is OC[C@@H]1[C@@H](COCc2ccccc2)C1(F)F. The molecule has 0 bridgehead atoms. The predicted octanol–water partition coefficient (Wildman–Crippen LogP) is 2.08. The van der Waals surface area contributed by atoms with E-state index in [0.717, 1.165) is 5.56 Å². The Morgan fingerprint density at radius 1 is 1.19 bits per heavy atom. The van der Waals surface area contributed by atoms with Gasteiger partial charge in [0.15, 0.2) is 0 Å². The molecule has 0 heterocycles. The zero-order valence-corrected chi connectivity index (χ0v) is 8.77. The molecule has 88 valence electrons. The van der Waals surface area contributed by atoms with Crippen molar-refractivity contribution in [3.63, 3.8) is 0 Å². The Morgan fingerprint density at radius 3 is 2.44 bits per heavy atom. The van der Waals surface area contributed by atoms with Crippen molar-refractivity contribution in [3.05, 3.63) is 35.9 Å². The van der Waals surface area contributed by atoms with Gasteiger partial charge in [-0.1, -0.05) is 30.3 Å². The first-order valence-electron chi connectivity index (χ1n) is 5.26. The molecule has 1 aliphatic rings. The summed E-state index contributed by atoms with van der Waals surface area (Å²) in [6, 6.07) is 9.41. The van der Waals surface area contributed by atoms with E-state index in [-0.39, 0.29) is 6.61 Å². The van der Waals surface area contributed by atoms with Crippen molar-refractivity contribution in [3.8, 4) is 0 Å². The number of alkyl halides is 2. The Hall–Kier alpha value is -1.00. The summed E-state index contributed by atoms with van der Waals surface area (Å²) in [6.45, 7) is -0.120. The molecule has 1 aliphatic carbocycles. The molecule has 1 N–H and O–H groups in total. The fourth-order valence-corrected chi connectivity index (χ4v) is 1.81. The Balaban J connectivity index is 1.74. The summed E-state index contributed by atoms with van der Waals surface area (Å²) < 4.78 is 31.1. The molecule has 0 aromatic heterocycles. The van der Waals surface area contributed by atoms with Crippen LogP contribution in [0, 0.1) is 11.8 Å². The van der Waals surface area contributed by atoms with Gasteiger partial charge in [-0.2, -0.15) is 0 Å². The van der Waals surface area contributed by atoms with Crippen LogP contribution < -0.4 is 0 Å². The first kappa shape index (κ1) is 11.5. The molecule has 0 unspecified atom stereocenters. The van der Waals surface area contributed by atoms with Gasteiger partial charge in [0.2, 0.25) is 0 Å². The predicted molar refractivity (Wildman–Crippen MR) is 55.1 cm³/mol. The molecule has 4 heteroatoms. The van der Waals surface area contributed by atoms with Gasteiger partial charge in [-0.15, -0.1) is 0 Å². The van der Waals surface area contributed by atoms with Crippen molar-refractivity contribution >= 4 is 0 Å². The van der Waals surface area contributed by atoms with Gasteiger partial charge >= 0.3 is 0 Å². The molecule has 1 aromatic carbocycles. The number of halogens is 2. The largest absolute Gasteiger partial charge is 0.396 e. The number of hydrogen-bond donors (Lipinski definition) is 1.